The molecule has 142 valence electrons. The van der Waals surface area contributed by atoms with Crippen molar-refractivity contribution < 1.29 is 4.79 Å². The van der Waals surface area contributed by atoms with Gasteiger partial charge in [-0.05, 0) is 49.2 Å². The van der Waals surface area contributed by atoms with Gasteiger partial charge in [-0.1, -0.05) is 18.2 Å². The highest BCUT2D eigenvalue weighted by molar-refractivity contribution is 5.93. The molecule has 0 saturated carbocycles. The normalized spacial score (nSPS) is 22.3. The molecule has 2 N–H and O–H groups in total. The summed E-state index contributed by atoms with van der Waals surface area (Å²) in [6.45, 7) is 7.98. The van der Waals surface area contributed by atoms with Gasteiger partial charge < -0.3 is 20.4 Å². The molecule has 27 heavy (non-hydrogen) atoms. The lowest BCUT2D eigenvalue weighted by Crippen LogP contribution is -2.43. The van der Waals surface area contributed by atoms with E-state index in [9.17, 15) is 4.79 Å². The molecule has 5 nitrogen and oxygen atoms in total. The molecule has 2 atom stereocenters. The summed E-state index contributed by atoms with van der Waals surface area (Å²) in [7, 11) is 0. The van der Waals surface area contributed by atoms with E-state index < -0.39 is 0 Å². The Balaban J connectivity index is 1.53. The highest BCUT2D eigenvalue weighted by Crippen LogP contribution is 2.39. The molecule has 0 bridgehead atoms. The number of carbonyl (C=O) groups excluding carboxylic acids is 1. The second kappa shape index (κ2) is 7.61. The minimum atomic E-state index is 0.105. The summed E-state index contributed by atoms with van der Waals surface area (Å²) in [5, 5.41) is 7.08. The van der Waals surface area contributed by atoms with Gasteiger partial charge in [0.1, 0.15) is 0 Å². The summed E-state index contributed by atoms with van der Waals surface area (Å²) in [6, 6.07) is 17.4. The average molecular weight is 364 g/mol. The Morgan fingerprint density at radius 2 is 1.78 bits per heavy atom. The van der Waals surface area contributed by atoms with Crippen molar-refractivity contribution >= 4 is 23.0 Å². The highest BCUT2D eigenvalue weighted by Gasteiger charge is 2.31. The third-order valence-corrected chi connectivity index (χ3v) is 5.62. The fourth-order valence-corrected chi connectivity index (χ4v) is 4.32. The van der Waals surface area contributed by atoms with E-state index in [1.807, 2.05) is 11.0 Å². The molecule has 0 aromatic heterocycles. The number of hydrogen-bond acceptors (Lipinski definition) is 4. The molecule has 2 heterocycles. The summed E-state index contributed by atoms with van der Waals surface area (Å²) in [6.07, 6.45) is 0.899. The van der Waals surface area contributed by atoms with Crippen molar-refractivity contribution in [3.63, 3.8) is 0 Å². The van der Waals surface area contributed by atoms with Gasteiger partial charge in [-0.25, -0.2) is 0 Å². The first-order valence-corrected chi connectivity index (χ1v) is 9.84. The maximum atomic E-state index is 12.1. The summed E-state index contributed by atoms with van der Waals surface area (Å²) in [4.78, 5) is 16.5. The van der Waals surface area contributed by atoms with Gasteiger partial charge in [0.25, 0.3) is 0 Å². The number of benzene rings is 2. The Labute approximate surface area is 161 Å². The molecule has 4 rings (SSSR count). The SMILES string of the molecule is CC(=O)N1c2ccccc2[C@H](Nc2ccc(N3CCNCC3)cc2)C[C@@H]1C. The van der Waals surface area contributed by atoms with Crippen molar-refractivity contribution in [3.05, 3.63) is 54.1 Å². The van der Waals surface area contributed by atoms with E-state index in [0.29, 0.717) is 0 Å². The lowest BCUT2D eigenvalue weighted by Gasteiger charge is -2.39. The molecule has 0 spiro atoms. The number of hydrogen-bond donors (Lipinski definition) is 2. The lowest BCUT2D eigenvalue weighted by atomic mass is 9.91. The van der Waals surface area contributed by atoms with Crippen molar-refractivity contribution in [1.82, 2.24) is 5.32 Å². The lowest BCUT2D eigenvalue weighted by molar-refractivity contribution is -0.117. The number of piperazine rings is 1. The summed E-state index contributed by atoms with van der Waals surface area (Å²) < 4.78 is 0. The molecule has 0 aliphatic carbocycles. The number of nitrogens with one attached hydrogen (secondary N) is 2. The Kier molecular flexibility index (Phi) is 5.03. The summed E-state index contributed by atoms with van der Waals surface area (Å²) in [5.74, 6) is 0.105. The minimum absolute atomic E-state index is 0.105. The number of fused-ring (bicyclic) bond motifs is 1. The van der Waals surface area contributed by atoms with E-state index in [-0.39, 0.29) is 18.0 Å². The van der Waals surface area contributed by atoms with Crippen molar-refractivity contribution in [1.29, 1.82) is 0 Å². The van der Waals surface area contributed by atoms with Crippen molar-refractivity contribution in [3.8, 4) is 0 Å². The molecule has 1 saturated heterocycles. The van der Waals surface area contributed by atoms with Gasteiger partial charge in [-0.3, -0.25) is 4.79 Å². The smallest absolute Gasteiger partial charge is 0.224 e. The van der Waals surface area contributed by atoms with E-state index in [1.165, 1.54) is 11.3 Å². The molecule has 2 aliphatic heterocycles. The number of para-hydroxylation sites is 1. The van der Waals surface area contributed by atoms with Gasteiger partial charge in [0.05, 0.1) is 6.04 Å². The molecule has 1 fully saturated rings. The molecular weight excluding hydrogens is 336 g/mol. The zero-order valence-electron chi connectivity index (χ0n) is 16.1. The third-order valence-electron chi connectivity index (χ3n) is 5.62. The van der Waals surface area contributed by atoms with E-state index in [2.05, 4.69) is 64.9 Å². The number of anilines is 3. The Hall–Kier alpha value is -2.53. The quantitative estimate of drug-likeness (QED) is 0.876. The monoisotopic (exact) mass is 364 g/mol. The third kappa shape index (κ3) is 3.65. The number of amides is 1. The van der Waals surface area contributed by atoms with E-state index in [4.69, 9.17) is 0 Å². The molecule has 5 heteroatoms. The van der Waals surface area contributed by atoms with Crippen LogP contribution in [0.4, 0.5) is 17.1 Å². The van der Waals surface area contributed by atoms with Gasteiger partial charge >= 0.3 is 0 Å². The van der Waals surface area contributed by atoms with Crippen molar-refractivity contribution in [2.45, 2.75) is 32.4 Å². The van der Waals surface area contributed by atoms with E-state index in [0.717, 1.165) is 44.0 Å². The van der Waals surface area contributed by atoms with Gasteiger partial charge in [-0.15, -0.1) is 0 Å². The molecule has 0 radical (unpaired) electrons. The molecule has 2 aromatic carbocycles. The maximum absolute atomic E-state index is 12.1. The molecular formula is C22H28N4O. The molecule has 0 unspecified atom stereocenters. The first kappa shape index (κ1) is 17.9. The predicted octanol–water partition coefficient (Wildman–Crippen LogP) is 3.39. The van der Waals surface area contributed by atoms with Gasteiger partial charge in [0, 0.05) is 56.2 Å². The summed E-state index contributed by atoms with van der Waals surface area (Å²) in [5.41, 5.74) is 4.62. The number of nitrogens with zero attached hydrogens (tertiary/aromatic N) is 2. The average Bonchev–Trinajstić information content (AvgIpc) is 2.69. The second-order valence-corrected chi connectivity index (χ2v) is 7.51. The fourth-order valence-electron chi connectivity index (χ4n) is 4.32. The van der Waals surface area contributed by atoms with Crippen LogP contribution in [0.25, 0.3) is 0 Å². The van der Waals surface area contributed by atoms with E-state index in [1.54, 1.807) is 6.92 Å². The standard InChI is InChI=1S/C22H28N4O/c1-16-15-21(20-5-3-4-6-22(20)26(16)17(2)27)24-18-7-9-19(10-8-18)25-13-11-23-12-14-25/h3-10,16,21,23-24H,11-15H2,1-2H3/t16-,21+/m0/s1. The van der Waals surface area contributed by atoms with Crippen LogP contribution < -0.4 is 20.4 Å². The van der Waals surface area contributed by atoms with Gasteiger partial charge in [0.15, 0.2) is 0 Å². The second-order valence-electron chi connectivity index (χ2n) is 7.51. The fraction of sp³-hybridized carbons (Fsp3) is 0.409. The van der Waals surface area contributed by atoms with Gasteiger partial charge in [0.2, 0.25) is 5.91 Å². The van der Waals surface area contributed by atoms with Crippen molar-refractivity contribution in [2.75, 3.05) is 41.3 Å². The minimum Gasteiger partial charge on any atom is -0.378 e. The summed E-state index contributed by atoms with van der Waals surface area (Å²) >= 11 is 0. The largest absolute Gasteiger partial charge is 0.378 e. The van der Waals surface area contributed by atoms with E-state index >= 15 is 0 Å². The van der Waals surface area contributed by atoms with Crippen LogP contribution in [0.1, 0.15) is 31.9 Å². The number of carbonyl (C=O) groups is 1. The predicted molar refractivity (Wildman–Crippen MR) is 112 cm³/mol. The number of rotatable bonds is 3. The zero-order valence-corrected chi connectivity index (χ0v) is 16.1. The van der Waals surface area contributed by atoms with Crippen LogP contribution in [0.2, 0.25) is 0 Å². The van der Waals surface area contributed by atoms with Crippen LogP contribution in [-0.4, -0.2) is 38.1 Å². The highest BCUT2D eigenvalue weighted by atomic mass is 16.2. The first-order chi connectivity index (χ1) is 13.1. The van der Waals surface area contributed by atoms with Crippen LogP contribution in [0.15, 0.2) is 48.5 Å². The zero-order chi connectivity index (χ0) is 18.8. The van der Waals surface area contributed by atoms with Crippen LogP contribution >= 0.6 is 0 Å². The van der Waals surface area contributed by atoms with Gasteiger partial charge in [-0.2, -0.15) is 0 Å². The first-order valence-electron chi connectivity index (χ1n) is 9.84. The van der Waals surface area contributed by atoms with Crippen LogP contribution in [0.3, 0.4) is 0 Å². The topological polar surface area (TPSA) is 47.6 Å². The Bertz CT molecular complexity index is 798. The van der Waals surface area contributed by atoms with Crippen LogP contribution in [-0.2, 0) is 4.79 Å². The molecule has 2 aromatic rings. The Morgan fingerprint density at radius 3 is 2.48 bits per heavy atom. The van der Waals surface area contributed by atoms with Crippen molar-refractivity contribution in [2.24, 2.45) is 0 Å². The maximum Gasteiger partial charge on any atom is 0.224 e. The Morgan fingerprint density at radius 1 is 1.07 bits per heavy atom. The van der Waals surface area contributed by atoms with Crippen LogP contribution in [0, 0.1) is 0 Å². The molecule has 1 amide bonds. The van der Waals surface area contributed by atoms with Crippen LogP contribution in [0.5, 0.6) is 0 Å². The molecule has 2 aliphatic rings.